The quantitative estimate of drug-likeness (QED) is 0.838. The van der Waals surface area contributed by atoms with Crippen LogP contribution in [0.1, 0.15) is 13.8 Å². The zero-order valence-electron chi connectivity index (χ0n) is 12.0. The lowest BCUT2D eigenvalue weighted by Crippen LogP contribution is -2.48. The van der Waals surface area contributed by atoms with Crippen molar-refractivity contribution in [3.05, 3.63) is 22.2 Å². The van der Waals surface area contributed by atoms with Crippen LogP contribution in [0.5, 0.6) is 5.75 Å². The molecule has 1 fully saturated rings. The van der Waals surface area contributed by atoms with E-state index in [-0.39, 0.29) is 40.2 Å². The molecule has 2 rings (SSSR count). The molecule has 1 aromatic rings. The number of nitrogens with zero attached hydrogens (tertiary/aromatic N) is 1. The van der Waals surface area contributed by atoms with E-state index in [9.17, 15) is 8.42 Å². The van der Waals surface area contributed by atoms with Crippen molar-refractivity contribution in [1.82, 2.24) is 4.31 Å². The molecule has 0 amide bonds. The zero-order valence-corrected chi connectivity index (χ0v) is 14.3. The van der Waals surface area contributed by atoms with Crippen molar-refractivity contribution in [3.8, 4) is 5.75 Å². The molecule has 118 valence electrons. The van der Waals surface area contributed by atoms with Gasteiger partial charge in [0.05, 0.1) is 29.4 Å². The predicted molar refractivity (Wildman–Crippen MR) is 81.8 cm³/mol. The molecular weight excluding hydrogens is 337 g/mol. The number of methoxy groups -OCH3 is 1. The monoisotopic (exact) mass is 353 g/mol. The Bertz CT molecular complexity index is 625. The van der Waals surface area contributed by atoms with Crippen LogP contribution in [0.15, 0.2) is 17.0 Å². The van der Waals surface area contributed by atoms with Crippen molar-refractivity contribution in [2.75, 3.05) is 20.2 Å². The van der Waals surface area contributed by atoms with E-state index in [0.717, 1.165) is 0 Å². The largest absolute Gasteiger partial charge is 0.495 e. The first-order valence-corrected chi connectivity index (χ1v) is 8.64. The fourth-order valence-corrected chi connectivity index (χ4v) is 4.74. The maximum absolute atomic E-state index is 12.7. The summed E-state index contributed by atoms with van der Waals surface area (Å²) in [5.41, 5.74) is 0. The first kappa shape index (κ1) is 16.8. The Morgan fingerprint density at radius 2 is 1.76 bits per heavy atom. The molecule has 1 heterocycles. The molecule has 1 aliphatic heterocycles. The predicted octanol–water partition coefficient (Wildman–Crippen LogP) is 2.80. The minimum atomic E-state index is -3.72. The van der Waals surface area contributed by atoms with E-state index in [4.69, 9.17) is 32.7 Å². The van der Waals surface area contributed by atoms with Gasteiger partial charge in [-0.1, -0.05) is 23.2 Å². The maximum atomic E-state index is 12.7. The standard InChI is InChI=1S/C13H17Cl2NO4S/c1-8-6-16(7-9(2)20-8)21(17,18)13-5-10(14)12(19-3)4-11(13)15/h4-5,8-9H,6-7H2,1-3H3/t8-,9+. The Hall–Kier alpha value is -0.530. The number of morpholine rings is 1. The van der Waals surface area contributed by atoms with Crippen LogP contribution in [0.4, 0.5) is 0 Å². The summed E-state index contributed by atoms with van der Waals surface area (Å²) in [5, 5.41) is 0.290. The molecule has 0 radical (unpaired) electrons. The van der Waals surface area contributed by atoms with Crippen LogP contribution in [0.2, 0.25) is 10.0 Å². The molecule has 8 heteroatoms. The van der Waals surface area contributed by atoms with Gasteiger partial charge in [-0.15, -0.1) is 0 Å². The molecule has 1 saturated heterocycles. The smallest absolute Gasteiger partial charge is 0.244 e. The third kappa shape index (κ3) is 3.46. The molecule has 2 atom stereocenters. The summed E-state index contributed by atoms with van der Waals surface area (Å²) < 4.78 is 37.4. The van der Waals surface area contributed by atoms with E-state index in [0.29, 0.717) is 5.75 Å². The molecule has 0 saturated carbocycles. The second-order valence-electron chi connectivity index (χ2n) is 5.00. The minimum Gasteiger partial charge on any atom is -0.495 e. The summed E-state index contributed by atoms with van der Waals surface area (Å²) in [7, 11) is -2.28. The van der Waals surface area contributed by atoms with Crippen LogP contribution >= 0.6 is 23.2 Å². The number of sulfonamides is 1. The van der Waals surface area contributed by atoms with E-state index in [1.807, 2.05) is 13.8 Å². The van der Waals surface area contributed by atoms with Crippen LogP contribution in [-0.2, 0) is 14.8 Å². The van der Waals surface area contributed by atoms with Gasteiger partial charge in [0, 0.05) is 19.2 Å². The Kier molecular flexibility index (Phi) is 5.05. The van der Waals surface area contributed by atoms with Crippen molar-refractivity contribution in [2.45, 2.75) is 31.0 Å². The molecule has 1 aromatic carbocycles. The molecule has 0 spiro atoms. The lowest BCUT2D eigenvalue weighted by atomic mass is 10.3. The van der Waals surface area contributed by atoms with E-state index in [1.165, 1.54) is 23.5 Å². The van der Waals surface area contributed by atoms with Crippen molar-refractivity contribution in [3.63, 3.8) is 0 Å². The Balaban J connectivity index is 2.42. The molecule has 0 bridgehead atoms. The van der Waals surface area contributed by atoms with E-state index in [1.54, 1.807) is 0 Å². The van der Waals surface area contributed by atoms with Gasteiger partial charge >= 0.3 is 0 Å². The molecule has 21 heavy (non-hydrogen) atoms. The molecule has 0 N–H and O–H groups in total. The molecule has 5 nitrogen and oxygen atoms in total. The normalized spacial score (nSPS) is 24.0. The van der Waals surface area contributed by atoms with Crippen LogP contribution in [-0.4, -0.2) is 45.1 Å². The van der Waals surface area contributed by atoms with E-state index >= 15 is 0 Å². The van der Waals surface area contributed by atoms with Gasteiger partial charge in [0.25, 0.3) is 0 Å². The molecule has 0 aliphatic carbocycles. The zero-order chi connectivity index (χ0) is 15.8. The van der Waals surface area contributed by atoms with Crippen molar-refractivity contribution >= 4 is 33.2 Å². The van der Waals surface area contributed by atoms with Gasteiger partial charge in [-0.25, -0.2) is 8.42 Å². The molecular formula is C13H17Cl2NO4S. The van der Waals surface area contributed by atoms with Crippen LogP contribution < -0.4 is 4.74 Å². The fourth-order valence-electron chi connectivity index (χ4n) is 2.33. The average Bonchev–Trinajstić information content (AvgIpc) is 2.39. The number of benzene rings is 1. The molecule has 0 aromatic heterocycles. The Morgan fingerprint density at radius 1 is 1.19 bits per heavy atom. The third-order valence-corrected chi connectivity index (χ3v) is 5.80. The summed E-state index contributed by atoms with van der Waals surface area (Å²) in [6.45, 7) is 4.24. The van der Waals surface area contributed by atoms with Gasteiger partial charge in [-0.05, 0) is 19.9 Å². The third-order valence-electron chi connectivity index (χ3n) is 3.21. The lowest BCUT2D eigenvalue weighted by molar-refractivity contribution is -0.0440. The van der Waals surface area contributed by atoms with Gasteiger partial charge in [0.2, 0.25) is 10.0 Å². The van der Waals surface area contributed by atoms with Crippen molar-refractivity contribution < 1.29 is 17.9 Å². The highest BCUT2D eigenvalue weighted by atomic mass is 35.5. The fraction of sp³-hybridized carbons (Fsp3) is 0.538. The van der Waals surface area contributed by atoms with E-state index < -0.39 is 10.0 Å². The first-order chi connectivity index (χ1) is 9.75. The number of rotatable bonds is 3. The number of hydrogen-bond acceptors (Lipinski definition) is 4. The second kappa shape index (κ2) is 6.30. The van der Waals surface area contributed by atoms with Crippen LogP contribution in [0.25, 0.3) is 0 Å². The number of ether oxygens (including phenoxy) is 2. The SMILES string of the molecule is COc1cc(Cl)c(S(=O)(=O)N2C[C@@H](C)O[C@@H](C)C2)cc1Cl. The molecule has 1 aliphatic rings. The van der Waals surface area contributed by atoms with E-state index in [2.05, 4.69) is 0 Å². The molecule has 0 unspecified atom stereocenters. The highest BCUT2D eigenvalue weighted by Crippen LogP contribution is 2.35. The summed E-state index contributed by atoms with van der Waals surface area (Å²) in [6, 6.07) is 2.73. The van der Waals surface area contributed by atoms with Gasteiger partial charge in [0.1, 0.15) is 10.6 Å². The van der Waals surface area contributed by atoms with Crippen LogP contribution in [0, 0.1) is 0 Å². The summed E-state index contributed by atoms with van der Waals surface area (Å²) in [5.74, 6) is 0.337. The highest BCUT2D eigenvalue weighted by molar-refractivity contribution is 7.89. The number of hydrogen-bond donors (Lipinski definition) is 0. The highest BCUT2D eigenvalue weighted by Gasteiger charge is 2.34. The van der Waals surface area contributed by atoms with Gasteiger partial charge in [-0.2, -0.15) is 4.31 Å². The first-order valence-electron chi connectivity index (χ1n) is 6.44. The second-order valence-corrected chi connectivity index (χ2v) is 7.72. The van der Waals surface area contributed by atoms with Crippen molar-refractivity contribution in [2.24, 2.45) is 0 Å². The van der Waals surface area contributed by atoms with Crippen LogP contribution in [0.3, 0.4) is 0 Å². The van der Waals surface area contributed by atoms with Crippen molar-refractivity contribution in [1.29, 1.82) is 0 Å². The lowest BCUT2D eigenvalue weighted by Gasteiger charge is -2.34. The average molecular weight is 354 g/mol. The summed E-state index contributed by atoms with van der Waals surface area (Å²) >= 11 is 12.1. The minimum absolute atomic E-state index is 0.0173. The van der Waals surface area contributed by atoms with Gasteiger partial charge < -0.3 is 9.47 Å². The maximum Gasteiger partial charge on any atom is 0.244 e. The van der Waals surface area contributed by atoms with Gasteiger partial charge in [0.15, 0.2) is 0 Å². The van der Waals surface area contributed by atoms with Gasteiger partial charge in [-0.3, -0.25) is 0 Å². The topological polar surface area (TPSA) is 55.8 Å². The Labute approximate surface area is 134 Å². The Morgan fingerprint density at radius 3 is 2.29 bits per heavy atom. The summed E-state index contributed by atoms with van der Waals surface area (Å²) in [4.78, 5) is -0.0173. The number of halogens is 2. The summed E-state index contributed by atoms with van der Waals surface area (Å²) in [6.07, 6.45) is -0.341.